The number of aliphatic hydroxyl groups is 1. The molecule has 2 nitrogen and oxygen atoms in total. The summed E-state index contributed by atoms with van der Waals surface area (Å²) in [6.07, 6.45) is 6.48. The van der Waals surface area contributed by atoms with Crippen molar-refractivity contribution in [2.24, 2.45) is 40.4 Å². The van der Waals surface area contributed by atoms with Crippen LogP contribution in [-0.2, 0) is 4.74 Å². The van der Waals surface area contributed by atoms with Crippen molar-refractivity contribution >= 4 is 0 Å². The first-order chi connectivity index (χ1) is 10.2. The first-order valence-corrected chi connectivity index (χ1v) is 9.49. The van der Waals surface area contributed by atoms with E-state index in [4.69, 9.17) is 4.74 Å². The molecule has 128 valence electrons. The van der Waals surface area contributed by atoms with Gasteiger partial charge in [0.1, 0.15) is 0 Å². The molecule has 0 aromatic rings. The van der Waals surface area contributed by atoms with Gasteiger partial charge in [-0.25, -0.2) is 0 Å². The highest BCUT2D eigenvalue weighted by Gasteiger charge is 2.56. The van der Waals surface area contributed by atoms with E-state index in [-0.39, 0.29) is 10.8 Å². The molecule has 0 spiro atoms. The van der Waals surface area contributed by atoms with E-state index in [0.717, 1.165) is 23.7 Å². The highest BCUT2D eigenvalue weighted by Crippen LogP contribution is 2.60. The van der Waals surface area contributed by atoms with E-state index in [1.165, 1.54) is 32.1 Å². The van der Waals surface area contributed by atoms with E-state index >= 15 is 0 Å². The van der Waals surface area contributed by atoms with Gasteiger partial charge in [-0.15, -0.1) is 0 Å². The molecule has 3 aliphatic carbocycles. The van der Waals surface area contributed by atoms with Gasteiger partial charge in [0.2, 0.25) is 0 Å². The molecule has 0 aromatic heterocycles. The Kier molecular flexibility index (Phi) is 4.18. The second kappa shape index (κ2) is 5.48. The first kappa shape index (κ1) is 16.8. The van der Waals surface area contributed by atoms with Crippen LogP contribution >= 0.6 is 0 Å². The lowest BCUT2D eigenvalue weighted by atomic mass is 9.61. The van der Waals surface area contributed by atoms with E-state index in [2.05, 4.69) is 41.5 Å². The van der Waals surface area contributed by atoms with Gasteiger partial charge in [0.25, 0.3) is 0 Å². The van der Waals surface area contributed by atoms with Gasteiger partial charge in [-0.05, 0) is 60.7 Å². The van der Waals surface area contributed by atoms with Gasteiger partial charge in [-0.3, -0.25) is 0 Å². The number of hydrogen-bond donors (Lipinski definition) is 1. The maximum Gasteiger partial charge on any atom is 0.161 e. The molecule has 0 heterocycles. The molecular formula is C20H36O2. The summed E-state index contributed by atoms with van der Waals surface area (Å²) >= 11 is 0. The molecule has 0 aliphatic heterocycles. The fourth-order valence-electron chi connectivity index (χ4n) is 5.99. The maximum absolute atomic E-state index is 11.0. The van der Waals surface area contributed by atoms with Crippen molar-refractivity contribution in [2.45, 2.75) is 86.0 Å². The van der Waals surface area contributed by atoms with Crippen LogP contribution in [0.5, 0.6) is 0 Å². The summed E-state index contributed by atoms with van der Waals surface area (Å²) in [7, 11) is 0. The van der Waals surface area contributed by atoms with Crippen LogP contribution in [0.15, 0.2) is 0 Å². The lowest BCUT2D eigenvalue weighted by Crippen LogP contribution is -2.50. The van der Waals surface area contributed by atoms with Gasteiger partial charge in [-0.2, -0.15) is 0 Å². The van der Waals surface area contributed by atoms with E-state index < -0.39 is 6.29 Å². The fourth-order valence-corrected chi connectivity index (χ4v) is 5.99. The summed E-state index contributed by atoms with van der Waals surface area (Å²) < 4.78 is 6.36. The highest BCUT2D eigenvalue weighted by molar-refractivity contribution is 5.04. The van der Waals surface area contributed by atoms with E-state index in [0.29, 0.717) is 12.0 Å². The molecule has 3 fully saturated rings. The Bertz CT molecular complexity index is 410. The van der Waals surface area contributed by atoms with Gasteiger partial charge in [0.15, 0.2) is 6.29 Å². The second-order valence-electron chi connectivity index (χ2n) is 9.87. The predicted octanol–water partition coefficient (Wildman–Crippen LogP) is 4.85. The molecule has 22 heavy (non-hydrogen) atoms. The number of fused-ring (bicyclic) bond motifs is 5. The van der Waals surface area contributed by atoms with Crippen LogP contribution in [0, 0.1) is 40.4 Å². The molecule has 1 N–H and O–H groups in total. The summed E-state index contributed by atoms with van der Waals surface area (Å²) in [5.41, 5.74) is -0.196. The average Bonchev–Trinajstić information content (AvgIpc) is 3.07. The molecule has 0 amide bonds. The van der Waals surface area contributed by atoms with Gasteiger partial charge in [0, 0.05) is 5.41 Å². The quantitative estimate of drug-likeness (QED) is 0.752. The van der Waals surface area contributed by atoms with Crippen LogP contribution in [-0.4, -0.2) is 17.5 Å². The Morgan fingerprint density at radius 1 is 0.955 bits per heavy atom. The van der Waals surface area contributed by atoms with E-state index in [1.54, 1.807) is 0 Å². The van der Waals surface area contributed by atoms with Crippen molar-refractivity contribution < 1.29 is 9.84 Å². The number of rotatable bonds is 4. The molecule has 0 saturated heterocycles. The molecule has 3 aliphatic rings. The van der Waals surface area contributed by atoms with Crippen LogP contribution < -0.4 is 0 Å². The lowest BCUT2D eigenvalue weighted by molar-refractivity contribution is -0.248. The zero-order chi connectivity index (χ0) is 16.3. The highest BCUT2D eigenvalue weighted by atomic mass is 16.6. The minimum Gasteiger partial charge on any atom is -0.367 e. The monoisotopic (exact) mass is 308 g/mol. The lowest BCUT2D eigenvalue weighted by Gasteiger charge is -2.49. The van der Waals surface area contributed by atoms with Crippen LogP contribution in [0.25, 0.3) is 0 Å². The minimum atomic E-state index is -0.656. The van der Waals surface area contributed by atoms with Crippen LogP contribution in [0.4, 0.5) is 0 Å². The first-order valence-electron chi connectivity index (χ1n) is 9.49. The summed E-state index contributed by atoms with van der Waals surface area (Å²) in [5, 5.41) is 11.0. The zero-order valence-electron chi connectivity index (χ0n) is 15.4. The van der Waals surface area contributed by atoms with E-state index in [1.807, 2.05) is 0 Å². The zero-order valence-corrected chi connectivity index (χ0v) is 15.4. The molecular weight excluding hydrogens is 272 g/mol. The molecule has 2 bridgehead atoms. The summed E-state index contributed by atoms with van der Waals surface area (Å²) in [6, 6.07) is 0. The molecule has 7 unspecified atom stereocenters. The largest absolute Gasteiger partial charge is 0.367 e. The molecule has 0 aromatic carbocycles. The van der Waals surface area contributed by atoms with Gasteiger partial charge in [-0.1, -0.05) is 48.0 Å². The Labute approximate surface area is 137 Å². The standard InChI is InChI=1S/C20H36O2/c1-12(2)20(6,19(3,4)5)18(21)22-17-11-13-10-16(17)15-9-7-8-14(13)15/h12-18,21H,7-11H2,1-6H3. The predicted molar refractivity (Wildman–Crippen MR) is 90.3 cm³/mol. The van der Waals surface area contributed by atoms with Crippen LogP contribution in [0.2, 0.25) is 0 Å². The molecule has 7 atom stereocenters. The van der Waals surface area contributed by atoms with Gasteiger partial charge < -0.3 is 9.84 Å². The van der Waals surface area contributed by atoms with Crippen molar-refractivity contribution in [3.05, 3.63) is 0 Å². The Morgan fingerprint density at radius 2 is 1.59 bits per heavy atom. The average molecular weight is 309 g/mol. The number of hydrogen-bond acceptors (Lipinski definition) is 2. The fraction of sp³-hybridized carbons (Fsp3) is 1.00. The SMILES string of the molecule is CC(C)C(C)(C(O)OC1CC2CC1C1CCCC21)C(C)(C)C. The van der Waals surface area contributed by atoms with Gasteiger partial charge >= 0.3 is 0 Å². The summed E-state index contributed by atoms with van der Waals surface area (Å²) in [4.78, 5) is 0. The summed E-state index contributed by atoms with van der Waals surface area (Å²) in [6.45, 7) is 13.3. The Morgan fingerprint density at radius 3 is 2.18 bits per heavy atom. The molecule has 3 saturated carbocycles. The molecule has 2 heteroatoms. The smallest absolute Gasteiger partial charge is 0.161 e. The number of ether oxygens (including phenoxy) is 1. The normalized spacial score (nSPS) is 41.7. The van der Waals surface area contributed by atoms with Gasteiger partial charge in [0.05, 0.1) is 6.10 Å². The molecule has 0 radical (unpaired) electrons. The minimum absolute atomic E-state index is 0.0219. The maximum atomic E-state index is 11.0. The van der Waals surface area contributed by atoms with Crippen LogP contribution in [0.1, 0.15) is 73.6 Å². The topological polar surface area (TPSA) is 29.5 Å². The third-order valence-electron chi connectivity index (χ3n) is 8.00. The third kappa shape index (κ3) is 2.36. The Hall–Kier alpha value is -0.0800. The van der Waals surface area contributed by atoms with Crippen LogP contribution in [0.3, 0.4) is 0 Å². The van der Waals surface area contributed by atoms with Crippen molar-refractivity contribution in [2.75, 3.05) is 0 Å². The van der Waals surface area contributed by atoms with Crippen molar-refractivity contribution in [1.29, 1.82) is 0 Å². The second-order valence-corrected chi connectivity index (χ2v) is 9.87. The van der Waals surface area contributed by atoms with E-state index in [9.17, 15) is 5.11 Å². The van der Waals surface area contributed by atoms with Crippen molar-refractivity contribution in [3.63, 3.8) is 0 Å². The Balaban J connectivity index is 1.71. The third-order valence-corrected chi connectivity index (χ3v) is 8.00. The number of aliphatic hydroxyl groups excluding tert-OH is 1. The van der Waals surface area contributed by atoms with Crippen molar-refractivity contribution in [1.82, 2.24) is 0 Å². The molecule has 3 rings (SSSR count). The van der Waals surface area contributed by atoms with Crippen molar-refractivity contribution in [3.8, 4) is 0 Å². The summed E-state index contributed by atoms with van der Waals surface area (Å²) in [5.74, 6) is 3.88.